The minimum atomic E-state index is -0.233. The number of nitrogens with zero attached hydrogens (tertiary/aromatic N) is 1. The number of rotatable bonds is 2. The van der Waals surface area contributed by atoms with Gasteiger partial charge in [-0.05, 0) is 49.9 Å². The van der Waals surface area contributed by atoms with Crippen molar-refractivity contribution in [3.05, 3.63) is 23.8 Å². The molecule has 3 atom stereocenters. The highest BCUT2D eigenvalue weighted by Crippen LogP contribution is 2.40. The Kier molecular flexibility index (Phi) is 3.85. The van der Waals surface area contributed by atoms with Crippen molar-refractivity contribution >= 4 is 0 Å². The Balaban J connectivity index is 1.88. The quantitative estimate of drug-likeness (QED) is 0.872. The van der Waals surface area contributed by atoms with E-state index in [2.05, 4.69) is 4.90 Å². The molecular formula is C16H23NO3. The fourth-order valence-electron chi connectivity index (χ4n) is 3.73. The summed E-state index contributed by atoms with van der Waals surface area (Å²) in [5, 5.41) is 20.1. The molecule has 2 saturated heterocycles. The van der Waals surface area contributed by atoms with Crippen LogP contribution in [0.25, 0.3) is 0 Å². The Labute approximate surface area is 120 Å². The summed E-state index contributed by atoms with van der Waals surface area (Å²) in [6.45, 7) is 1.09. The minimum Gasteiger partial charge on any atom is -0.504 e. The maximum Gasteiger partial charge on any atom is 0.160 e. The van der Waals surface area contributed by atoms with Gasteiger partial charge in [0.25, 0.3) is 0 Å². The van der Waals surface area contributed by atoms with Crippen LogP contribution in [-0.4, -0.2) is 40.9 Å². The molecule has 20 heavy (non-hydrogen) atoms. The highest BCUT2D eigenvalue weighted by Gasteiger charge is 2.37. The normalized spacial score (nSPS) is 30.8. The van der Waals surface area contributed by atoms with Gasteiger partial charge in [0, 0.05) is 12.1 Å². The number of hydrogen-bond donors (Lipinski definition) is 2. The third-order valence-corrected chi connectivity index (χ3v) is 4.70. The second-order valence-electron chi connectivity index (χ2n) is 5.96. The zero-order valence-corrected chi connectivity index (χ0v) is 12.0. The van der Waals surface area contributed by atoms with E-state index in [0.29, 0.717) is 11.8 Å². The summed E-state index contributed by atoms with van der Waals surface area (Å²) in [6.07, 6.45) is 5.07. The number of phenolic OH excluding ortho intramolecular Hbond substituents is 1. The van der Waals surface area contributed by atoms with E-state index in [-0.39, 0.29) is 17.9 Å². The molecule has 0 radical (unpaired) electrons. The van der Waals surface area contributed by atoms with E-state index >= 15 is 0 Å². The average molecular weight is 277 g/mol. The zero-order chi connectivity index (χ0) is 14.1. The maximum atomic E-state index is 10.1. The van der Waals surface area contributed by atoms with Crippen molar-refractivity contribution in [2.75, 3.05) is 13.7 Å². The van der Waals surface area contributed by atoms with Crippen LogP contribution in [0, 0.1) is 0 Å². The summed E-state index contributed by atoms with van der Waals surface area (Å²) < 4.78 is 5.10. The first-order valence-corrected chi connectivity index (χ1v) is 7.49. The van der Waals surface area contributed by atoms with Crippen LogP contribution < -0.4 is 4.74 Å². The van der Waals surface area contributed by atoms with E-state index < -0.39 is 0 Å². The number of fused-ring (bicyclic) bond motifs is 1. The van der Waals surface area contributed by atoms with E-state index in [1.54, 1.807) is 13.2 Å². The lowest BCUT2D eigenvalue weighted by molar-refractivity contribution is -0.0180. The highest BCUT2D eigenvalue weighted by molar-refractivity contribution is 5.42. The molecule has 4 heteroatoms. The van der Waals surface area contributed by atoms with Gasteiger partial charge in [-0.25, -0.2) is 0 Å². The molecule has 2 aliphatic rings. The van der Waals surface area contributed by atoms with Gasteiger partial charge in [0.2, 0.25) is 0 Å². The zero-order valence-electron chi connectivity index (χ0n) is 12.0. The smallest absolute Gasteiger partial charge is 0.160 e. The van der Waals surface area contributed by atoms with Gasteiger partial charge in [0.1, 0.15) is 0 Å². The molecular weight excluding hydrogens is 254 g/mol. The predicted octanol–water partition coefficient (Wildman–Crippen LogP) is 2.45. The summed E-state index contributed by atoms with van der Waals surface area (Å²) in [5.74, 6) is 0.680. The molecule has 0 aromatic heterocycles. The van der Waals surface area contributed by atoms with Gasteiger partial charge in [-0.2, -0.15) is 0 Å². The van der Waals surface area contributed by atoms with Gasteiger partial charge >= 0.3 is 0 Å². The fourth-order valence-corrected chi connectivity index (χ4v) is 3.73. The first-order valence-electron chi connectivity index (χ1n) is 7.49. The molecule has 2 fully saturated rings. The minimum absolute atomic E-state index is 0.179. The summed E-state index contributed by atoms with van der Waals surface area (Å²) in [6, 6.07) is 6.30. The standard InChI is InChI=1S/C16H23NO3/c1-20-16-6-5-11(8-15(16)19)14-10-13(18)9-12-4-2-3-7-17(12)14/h5-6,8,12-14,18-19H,2-4,7,9-10H2,1H3/t12-,13+,14+/m0/s1. The molecule has 0 saturated carbocycles. The second-order valence-corrected chi connectivity index (χ2v) is 5.96. The predicted molar refractivity (Wildman–Crippen MR) is 77.0 cm³/mol. The summed E-state index contributed by atoms with van der Waals surface area (Å²) in [7, 11) is 1.56. The summed E-state index contributed by atoms with van der Waals surface area (Å²) in [5.41, 5.74) is 1.08. The van der Waals surface area contributed by atoms with Crippen LogP contribution in [0.3, 0.4) is 0 Å². The van der Waals surface area contributed by atoms with Crippen LogP contribution in [0.2, 0.25) is 0 Å². The molecule has 2 N–H and O–H groups in total. The van der Waals surface area contributed by atoms with Crippen LogP contribution in [0.4, 0.5) is 0 Å². The van der Waals surface area contributed by atoms with Gasteiger partial charge in [-0.3, -0.25) is 4.90 Å². The van der Waals surface area contributed by atoms with Gasteiger partial charge in [-0.1, -0.05) is 12.5 Å². The molecule has 2 heterocycles. The topological polar surface area (TPSA) is 52.9 Å². The van der Waals surface area contributed by atoms with Crippen molar-refractivity contribution in [1.29, 1.82) is 0 Å². The fraction of sp³-hybridized carbons (Fsp3) is 0.625. The van der Waals surface area contributed by atoms with Gasteiger partial charge in [0.05, 0.1) is 13.2 Å². The number of ether oxygens (including phenoxy) is 1. The Hall–Kier alpha value is -1.26. The summed E-state index contributed by atoms with van der Waals surface area (Å²) in [4.78, 5) is 2.51. The molecule has 0 unspecified atom stereocenters. The van der Waals surface area contributed by atoms with E-state index in [1.807, 2.05) is 12.1 Å². The van der Waals surface area contributed by atoms with Gasteiger partial charge < -0.3 is 14.9 Å². The van der Waals surface area contributed by atoms with E-state index in [0.717, 1.165) is 24.9 Å². The maximum absolute atomic E-state index is 10.1. The number of aliphatic hydroxyl groups is 1. The van der Waals surface area contributed by atoms with Gasteiger partial charge in [-0.15, -0.1) is 0 Å². The molecule has 4 nitrogen and oxygen atoms in total. The SMILES string of the molecule is COc1ccc([C@H]2C[C@H](O)C[C@@H]3CCCCN32)cc1O. The first kappa shape index (κ1) is 13.7. The molecule has 2 aliphatic heterocycles. The van der Waals surface area contributed by atoms with E-state index in [1.165, 1.54) is 19.3 Å². The van der Waals surface area contributed by atoms with E-state index in [9.17, 15) is 10.2 Å². The second kappa shape index (κ2) is 5.62. The van der Waals surface area contributed by atoms with Crippen molar-refractivity contribution in [3.63, 3.8) is 0 Å². The number of methoxy groups -OCH3 is 1. The van der Waals surface area contributed by atoms with Crippen LogP contribution in [0.5, 0.6) is 11.5 Å². The number of phenols is 1. The monoisotopic (exact) mass is 277 g/mol. The molecule has 1 aromatic carbocycles. The molecule has 0 aliphatic carbocycles. The van der Waals surface area contributed by atoms with Crippen molar-refractivity contribution in [2.24, 2.45) is 0 Å². The lowest BCUT2D eigenvalue weighted by Crippen LogP contribution is -2.48. The van der Waals surface area contributed by atoms with Crippen molar-refractivity contribution in [1.82, 2.24) is 4.90 Å². The molecule has 110 valence electrons. The lowest BCUT2D eigenvalue weighted by Gasteiger charge is -2.47. The number of piperidine rings is 2. The highest BCUT2D eigenvalue weighted by atomic mass is 16.5. The largest absolute Gasteiger partial charge is 0.504 e. The molecule has 0 bridgehead atoms. The molecule has 1 aromatic rings. The molecule has 0 spiro atoms. The average Bonchev–Trinajstić information content (AvgIpc) is 2.46. The van der Waals surface area contributed by atoms with Crippen molar-refractivity contribution < 1.29 is 14.9 Å². The Bertz CT molecular complexity index is 477. The Morgan fingerprint density at radius 1 is 1.25 bits per heavy atom. The lowest BCUT2D eigenvalue weighted by atomic mass is 9.84. The Morgan fingerprint density at radius 3 is 2.85 bits per heavy atom. The van der Waals surface area contributed by atoms with Crippen molar-refractivity contribution in [2.45, 2.75) is 50.3 Å². The number of aromatic hydroxyl groups is 1. The van der Waals surface area contributed by atoms with E-state index in [4.69, 9.17) is 4.74 Å². The van der Waals surface area contributed by atoms with Crippen LogP contribution >= 0.6 is 0 Å². The Morgan fingerprint density at radius 2 is 2.10 bits per heavy atom. The molecule has 0 amide bonds. The summed E-state index contributed by atoms with van der Waals surface area (Å²) >= 11 is 0. The first-order chi connectivity index (χ1) is 9.69. The van der Waals surface area contributed by atoms with Crippen LogP contribution in [-0.2, 0) is 0 Å². The number of aliphatic hydroxyl groups excluding tert-OH is 1. The van der Waals surface area contributed by atoms with Crippen LogP contribution in [0.15, 0.2) is 18.2 Å². The van der Waals surface area contributed by atoms with Crippen LogP contribution in [0.1, 0.15) is 43.7 Å². The van der Waals surface area contributed by atoms with Crippen molar-refractivity contribution in [3.8, 4) is 11.5 Å². The number of benzene rings is 1. The number of hydrogen-bond acceptors (Lipinski definition) is 4. The third kappa shape index (κ3) is 2.50. The van der Waals surface area contributed by atoms with Gasteiger partial charge in [0.15, 0.2) is 11.5 Å². The molecule has 3 rings (SSSR count). The third-order valence-electron chi connectivity index (χ3n) is 4.70.